The van der Waals surface area contributed by atoms with E-state index in [1.165, 1.54) is 5.70 Å². The van der Waals surface area contributed by atoms with Crippen molar-refractivity contribution in [3.8, 4) is 0 Å². The molecule has 0 aromatic carbocycles. The van der Waals surface area contributed by atoms with Crippen LogP contribution < -0.4 is 0 Å². The minimum absolute atomic E-state index is 0.368. The maximum atomic E-state index is 9.09. The van der Waals surface area contributed by atoms with Gasteiger partial charge < -0.3 is 10.0 Å². The first-order chi connectivity index (χ1) is 6.99. The van der Waals surface area contributed by atoms with Gasteiger partial charge in [-0.3, -0.25) is 0 Å². The molecule has 0 bridgehead atoms. The lowest BCUT2D eigenvalue weighted by Gasteiger charge is -2.29. The van der Waals surface area contributed by atoms with Gasteiger partial charge in [-0.1, -0.05) is 19.1 Å². The predicted octanol–water partition coefficient (Wildman–Crippen LogP) is 2.95. The van der Waals surface area contributed by atoms with Crippen LogP contribution in [0.2, 0.25) is 0 Å². The zero-order chi connectivity index (χ0) is 11.8. The van der Waals surface area contributed by atoms with Gasteiger partial charge in [-0.2, -0.15) is 0 Å². The average molecular weight is 211 g/mol. The molecule has 0 aromatic heterocycles. The van der Waals surface area contributed by atoms with Crippen molar-refractivity contribution in [2.45, 2.75) is 53.2 Å². The summed E-state index contributed by atoms with van der Waals surface area (Å²) in [6.07, 6.45) is 6.55. The molecule has 1 atom stereocenters. The van der Waals surface area contributed by atoms with E-state index in [1.54, 1.807) is 13.0 Å². The molecule has 2 nitrogen and oxygen atoms in total. The Bertz CT molecular complexity index is 217. The first kappa shape index (κ1) is 14.2. The molecule has 0 fully saturated rings. The monoisotopic (exact) mass is 211 g/mol. The Morgan fingerprint density at radius 2 is 1.93 bits per heavy atom. The van der Waals surface area contributed by atoms with Crippen molar-refractivity contribution < 1.29 is 5.11 Å². The lowest BCUT2D eigenvalue weighted by atomic mass is 10.2. The molecule has 0 saturated heterocycles. The Labute approximate surface area is 94.3 Å². The fourth-order valence-electron chi connectivity index (χ4n) is 1.53. The third-order valence-electron chi connectivity index (χ3n) is 2.27. The average Bonchev–Trinajstić information content (AvgIpc) is 2.12. The quantitative estimate of drug-likeness (QED) is 0.683. The zero-order valence-electron chi connectivity index (χ0n) is 10.7. The molecule has 0 spiro atoms. The van der Waals surface area contributed by atoms with Gasteiger partial charge in [0.1, 0.15) is 0 Å². The van der Waals surface area contributed by atoms with Crippen LogP contribution in [0, 0.1) is 0 Å². The van der Waals surface area contributed by atoms with Crippen LogP contribution in [0.4, 0.5) is 0 Å². The molecule has 0 radical (unpaired) electrons. The normalized spacial score (nSPS) is 15.0. The fourth-order valence-corrected chi connectivity index (χ4v) is 1.53. The Balaban J connectivity index is 4.41. The van der Waals surface area contributed by atoms with Gasteiger partial charge >= 0.3 is 0 Å². The lowest BCUT2D eigenvalue weighted by molar-refractivity contribution is 0.244. The number of nitrogens with zero attached hydrogens (tertiary/aromatic N) is 1. The molecular weight excluding hydrogens is 186 g/mol. The van der Waals surface area contributed by atoms with Gasteiger partial charge in [-0.25, -0.2) is 0 Å². The Kier molecular flexibility index (Phi) is 7.14. The molecule has 0 rings (SSSR count). The van der Waals surface area contributed by atoms with Gasteiger partial charge in [0.2, 0.25) is 0 Å². The number of hydrogen-bond acceptors (Lipinski definition) is 2. The van der Waals surface area contributed by atoms with Crippen LogP contribution in [0.1, 0.15) is 41.0 Å². The Morgan fingerprint density at radius 3 is 2.33 bits per heavy atom. The van der Waals surface area contributed by atoms with E-state index in [1.807, 2.05) is 6.08 Å². The number of aliphatic hydroxyl groups excluding tert-OH is 1. The minimum atomic E-state index is -0.368. The van der Waals surface area contributed by atoms with Crippen molar-refractivity contribution >= 4 is 0 Å². The molecule has 0 aliphatic heterocycles. The third kappa shape index (κ3) is 6.34. The van der Waals surface area contributed by atoms with E-state index in [9.17, 15) is 0 Å². The van der Waals surface area contributed by atoms with E-state index in [2.05, 4.69) is 38.7 Å². The van der Waals surface area contributed by atoms with Crippen LogP contribution in [0.15, 0.2) is 23.9 Å². The van der Waals surface area contributed by atoms with Crippen molar-refractivity contribution in [3.05, 3.63) is 23.9 Å². The van der Waals surface area contributed by atoms with Gasteiger partial charge in [0.25, 0.3) is 0 Å². The SMILES string of the molecule is CCCN(/C(C)=C/C=C\C(C)O)C(C)C. The van der Waals surface area contributed by atoms with Crippen molar-refractivity contribution in [2.75, 3.05) is 6.54 Å². The highest BCUT2D eigenvalue weighted by atomic mass is 16.3. The second-order valence-electron chi connectivity index (χ2n) is 4.22. The zero-order valence-corrected chi connectivity index (χ0v) is 10.7. The molecule has 0 aliphatic carbocycles. The first-order valence-electron chi connectivity index (χ1n) is 5.78. The van der Waals surface area contributed by atoms with E-state index in [0.29, 0.717) is 6.04 Å². The van der Waals surface area contributed by atoms with Crippen molar-refractivity contribution in [1.29, 1.82) is 0 Å². The van der Waals surface area contributed by atoms with Crippen molar-refractivity contribution in [2.24, 2.45) is 0 Å². The van der Waals surface area contributed by atoms with Gasteiger partial charge in [0.15, 0.2) is 0 Å². The maximum absolute atomic E-state index is 9.09. The minimum Gasteiger partial charge on any atom is -0.389 e. The standard InChI is InChI=1S/C13H25NO/c1-6-10-14(11(2)3)12(4)8-7-9-13(5)15/h7-9,11,13,15H,6,10H2,1-5H3/b9-7-,12-8+. The Hall–Kier alpha value is -0.760. The molecule has 0 heterocycles. The first-order valence-corrected chi connectivity index (χ1v) is 5.78. The summed E-state index contributed by atoms with van der Waals surface area (Å²) in [6, 6.07) is 0.529. The van der Waals surface area contributed by atoms with E-state index in [4.69, 9.17) is 5.11 Å². The molecule has 0 aromatic rings. The summed E-state index contributed by atoms with van der Waals surface area (Å²) < 4.78 is 0. The van der Waals surface area contributed by atoms with E-state index in [-0.39, 0.29) is 6.10 Å². The van der Waals surface area contributed by atoms with Crippen LogP contribution in [-0.2, 0) is 0 Å². The maximum Gasteiger partial charge on any atom is 0.0695 e. The molecular formula is C13H25NO. The topological polar surface area (TPSA) is 23.5 Å². The Morgan fingerprint density at radius 1 is 1.33 bits per heavy atom. The van der Waals surface area contributed by atoms with Gasteiger partial charge in [0.05, 0.1) is 6.10 Å². The summed E-state index contributed by atoms with van der Waals surface area (Å²) in [4.78, 5) is 2.37. The van der Waals surface area contributed by atoms with Crippen LogP contribution in [0.25, 0.3) is 0 Å². The molecule has 1 N–H and O–H groups in total. The molecule has 1 unspecified atom stereocenters. The summed E-state index contributed by atoms with van der Waals surface area (Å²) in [5.41, 5.74) is 1.25. The summed E-state index contributed by atoms with van der Waals surface area (Å²) in [7, 11) is 0. The predicted molar refractivity (Wildman–Crippen MR) is 66.7 cm³/mol. The molecule has 88 valence electrons. The van der Waals surface area contributed by atoms with E-state index < -0.39 is 0 Å². The van der Waals surface area contributed by atoms with Crippen LogP contribution in [0.3, 0.4) is 0 Å². The highest BCUT2D eigenvalue weighted by Crippen LogP contribution is 2.09. The summed E-state index contributed by atoms with van der Waals surface area (Å²) in [6.45, 7) is 11.5. The number of hydrogen-bond donors (Lipinski definition) is 1. The van der Waals surface area contributed by atoms with Crippen molar-refractivity contribution in [1.82, 2.24) is 4.90 Å². The smallest absolute Gasteiger partial charge is 0.0695 e. The highest BCUT2D eigenvalue weighted by molar-refractivity contribution is 5.11. The van der Waals surface area contributed by atoms with Gasteiger partial charge in [0, 0.05) is 18.3 Å². The second-order valence-corrected chi connectivity index (χ2v) is 4.22. The number of aliphatic hydroxyl groups is 1. The molecule has 0 aliphatic rings. The van der Waals surface area contributed by atoms with Crippen LogP contribution in [0.5, 0.6) is 0 Å². The molecule has 0 saturated carbocycles. The van der Waals surface area contributed by atoms with Gasteiger partial charge in [-0.05, 0) is 40.2 Å². The lowest BCUT2D eigenvalue weighted by Crippen LogP contribution is -2.29. The van der Waals surface area contributed by atoms with Crippen molar-refractivity contribution in [3.63, 3.8) is 0 Å². The van der Waals surface area contributed by atoms with E-state index >= 15 is 0 Å². The van der Waals surface area contributed by atoms with E-state index in [0.717, 1.165) is 13.0 Å². The number of rotatable bonds is 6. The van der Waals surface area contributed by atoms with Crippen LogP contribution in [-0.4, -0.2) is 28.7 Å². The third-order valence-corrected chi connectivity index (χ3v) is 2.27. The molecule has 0 amide bonds. The second kappa shape index (κ2) is 7.52. The summed E-state index contributed by atoms with van der Waals surface area (Å²) in [5.74, 6) is 0. The summed E-state index contributed by atoms with van der Waals surface area (Å²) in [5, 5.41) is 9.09. The largest absolute Gasteiger partial charge is 0.389 e. The van der Waals surface area contributed by atoms with Gasteiger partial charge in [-0.15, -0.1) is 0 Å². The highest BCUT2D eigenvalue weighted by Gasteiger charge is 2.07. The molecule has 15 heavy (non-hydrogen) atoms. The summed E-state index contributed by atoms with van der Waals surface area (Å²) >= 11 is 0. The fraction of sp³-hybridized carbons (Fsp3) is 0.692. The molecule has 2 heteroatoms. The van der Waals surface area contributed by atoms with Crippen LogP contribution >= 0.6 is 0 Å². The number of allylic oxidation sites excluding steroid dienone is 3.